The van der Waals surface area contributed by atoms with Gasteiger partial charge in [-0.15, -0.1) is 0 Å². The maximum absolute atomic E-state index is 10.9. The molecule has 3 N–H and O–H groups in total. The molecule has 0 fully saturated rings. The van der Waals surface area contributed by atoms with Gasteiger partial charge in [0, 0.05) is 0 Å². The summed E-state index contributed by atoms with van der Waals surface area (Å²) in [5, 5.41) is 32.0. The summed E-state index contributed by atoms with van der Waals surface area (Å²) in [6.45, 7) is 9.63. The van der Waals surface area contributed by atoms with Crippen molar-refractivity contribution < 1.29 is 15.3 Å². The standard InChI is InChI=1S/C20H34O3/c1-15(2)20(23)13-12-19(5,22)11-7-10-16(3)8-6-9-17(4)14-18(20)21/h9-10,12-13,15,18,21-23H,6-8,11,14H2,1-5H3. The predicted molar refractivity (Wildman–Crippen MR) is 96.2 cm³/mol. The van der Waals surface area contributed by atoms with Crippen molar-refractivity contribution in [3.63, 3.8) is 0 Å². The Bertz CT molecular complexity index is 471. The smallest absolute Gasteiger partial charge is 0.111 e. The third-order valence-electron chi connectivity index (χ3n) is 4.86. The second-order valence-electron chi connectivity index (χ2n) is 7.63. The van der Waals surface area contributed by atoms with Crippen molar-refractivity contribution in [1.29, 1.82) is 0 Å². The topological polar surface area (TPSA) is 60.7 Å². The summed E-state index contributed by atoms with van der Waals surface area (Å²) in [5.41, 5.74) is 0.0790. The Morgan fingerprint density at radius 3 is 2.26 bits per heavy atom. The van der Waals surface area contributed by atoms with Crippen molar-refractivity contribution >= 4 is 0 Å². The number of hydrogen-bond acceptors (Lipinski definition) is 3. The van der Waals surface area contributed by atoms with Crippen molar-refractivity contribution in [3.8, 4) is 0 Å². The van der Waals surface area contributed by atoms with Crippen LogP contribution >= 0.6 is 0 Å². The van der Waals surface area contributed by atoms with Gasteiger partial charge in [-0.3, -0.25) is 0 Å². The molecule has 3 nitrogen and oxygen atoms in total. The summed E-state index contributed by atoms with van der Waals surface area (Å²) >= 11 is 0. The highest BCUT2D eigenvalue weighted by Crippen LogP contribution is 2.29. The van der Waals surface area contributed by atoms with E-state index in [1.54, 1.807) is 19.1 Å². The molecule has 0 spiro atoms. The van der Waals surface area contributed by atoms with Gasteiger partial charge in [0.25, 0.3) is 0 Å². The molecular formula is C20H34O3. The van der Waals surface area contributed by atoms with Gasteiger partial charge in [0.1, 0.15) is 5.60 Å². The first-order valence-corrected chi connectivity index (χ1v) is 8.71. The summed E-state index contributed by atoms with van der Waals surface area (Å²) < 4.78 is 0. The zero-order chi connectivity index (χ0) is 17.7. The molecule has 1 rings (SSSR count). The molecule has 3 atom stereocenters. The van der Waals surface area contributed by atoms with Crippen LogP contribution in [-0.4, -0.2) is 32.6 Å². The van der Waals surface area contributed by atoms with E-state index in [-0.39, 0.29) is 5.92 Å². The third kappa shape index (κ3) is 6.25. The highest BCUT2D eigenvalue weighted by molar-refractivity contribution is 5.15. The van der Waals surface area contributed by atoms with E-state index in [1.165, 1.54) is 5.57 Å². The molecular weight excluding hydrogens is 288 g/mol. The van der Waals surface area contributed by atoms with Gasteiger partial charge in [-0.2, -0.15) is 0 Å². The maximum atomic E-state index is 10.9. The van der Waals surface area contributed by atoms with Crippen LogP contribution in [0.4, 0.5) is 0 Å². The Labute approximate surface area is 141 Å². The first-order chi connectivity index (χ1) is 10.6. The SMILES string of the molecule is CC1=CCCC(C)(O)C=CC(O)(C(C)C)C(O)CC(C)=CCC1. The van der Waals surface area contributed by atoms with Crippen molar-refractivity contribution in [1.82, 2.24) is 0 Å². The molecule has 1 aliphatic carbocycles. The summed E-state index contributed by atoms with van der Waals surface area (Å²) in [7, 11) is 0. The van der Waals surface area contributed by atoms with Crippen LogP contribution in [0.3, 0.4) is 0 Å². The molecule has 0 saturated carbocycles. The van der Waals surface area contributed by atoms with E-state index in [2.05, 4.69) is 19.1 Å². The Hall–Kier alpha value is -0.900. The van der Waals surface area contributed by atoms with Crippen LogP contribution < -0.4 is 0 Å². The lowest BCUT2D eigenvalue weighted by Gasteiger charge is -2.35. The molecule has 23 heavy (non-hydrogen) atoms. The fraction of sp³-hybridized carbons (Fsp3) is 0.700. The minimum atomic E-state index is -1.34. The van der Waals surface area contributed by atoms with Crippen molar-refractivity contribution in [2.75, 3.05) is 0 Å². The molecule has 132 valence electrons. The van der Waals surface area contributed by atoms with E-state index >= 15 is 0 Å². The van der Waals surface area contributed by atoms with Gasteiger partial charge >= 0.3 is 0 Å². The average molecular weight is 322 g/mol. The molecule has 3 heteroatoms. The van der Waals surface area contributed by atoms with Crippen LogP contribution in [0.1, 0.15) is 66.7 Å². The van der Waals surface area contributed by atoms with E-state index < -0.39 is 17.3 Å². The Morgan fingerprint density at radius 2 is 1.65 bits per heavy atom. The van der Waals surface area contributed by atoms with Crippen LogP contribution in [0, 0.1) is 5.92 Å². The van der Waals surface area contributed by atoms with Crippen molar-refractivity contribution in [2.45, 2.75) is 84.0 Å². The van der Waals surface area contributed by atoms with Crippen molar-refractivity contribution in [2.24, 2.45) is 5.92 Å². The van der Waals surface area contributed by atoms with Gasteiger partial charge in [-0.1, -0.05) is 49.3 Å². The molecule has 0 saturated heterocycles. The number of hydrogen-bond donors (Lipinski definition) is 3. The van der Waals surface area contributed by atoms with Gasteiger partial charge in [-0.25, -0.2) is 0 Å². The fourth-order valence-electron chi connectivity index (χ4n) is 2.90. The highest BCUT2D eigenvalue weighted by Gasteiger charge is 2.37. The molecule has 0 aromatic heterocycles. The lowest BCUT2D eigenvalue weighted by molar-refractivity contribution is -0.0697. The van der Waals surface area contributed by atoms with Crippen LogP contribution in [-0.2, 0) is 0 Å². The highest BCUT2D eigenvalue weighted by atomic mass is 16.3. The van der Waals surface area contributed by atoms with E-state index in [0.717, 1.165) is 24.8 Å². The van der Waals surface area contributed by atoms with E-state index in [9.17, 15) is 15.3 Å². The summed E-state index contributed by atoms with van der Waals surface area (Å²) in [5.74, 6) is -0.146. The first kappa shape index (κ1) is 20.1. The first-order valence-electron chi connectivity index (χ1n) is 8.71. The fourth-order valence-corrected chi connectivity index (χ4v) is 2.90. The summed E-state index contributed by atoms with van der Waals surface area (Å²) in [4.78, 5) is 0. The van der Waals surface area contributed by atoms with Gasteiger partial charge in [0.15, 0.2) is 0 Å². The molecule has 0 bridgehead atoms. The van der Waals surface area contributed by atoms with E-state index in [1.807, 2.05) is 20.8 Å². The number of rotatable bonds is 1. The second kappa shape index (κ2) is 8.27. The lowest BCUT2D eigenvalue weighted by Crippen LogP contribution is -2.46. The Kier molecular flexibility index (Phi) is 7.25. The van der Waals surface area contributed by atoms with E-state index in [4.69, 9.17) is 0 Å². The average Bonchev–Trinajstić information content (AvgIpc) is 2.43. The molecule has 0 heterocycles. The Morgan fingerprint density at radius 1 is 1.04 bits per heavy atom. The zero-order valence-electron chi connectivity index (χ0n) is 15.3. The largest absolute Gasteiger partial charge is 0.389 e. The molecule has 1 aliphatic rings. The van der Waals surface area contributed by atoms with Crippen LogP contribution in [0.5, 0.6) is 0 Å². The minimum absolute atomic E-state index is 0.146. The molecule has 0 aromatic carbocycles. The van der Waals surface area contributed by atoms with Crippen LogP contribution in [0.25, 0.3) is 0 Å². The number of aliphatic hydroxyl groups excluding tert-OH is 1. The molecule has 0 amide bonds. The van der Waals surface area contributed by atoms with Gasteiger partial charge in [0.2, 0.25) is 0 Å². The second-order valence-corrected chi connectivity index (χ2v) is 7.63. The lowest BCUT2D eigenvalue weighted by atomic mass is 9.80. The maximum Gasteiger partial charge on any atom is 0.111 e. The zero-order valence-corrected chi connectivity index (χ0v) is 15.3. The van der Waals surface area contributed by atoms with Crippen molar-refractivity contribution in [3.05, 3.63) is 35.5 Å². The van der Waals surface area contributed by atoms with Crippen LogP contribution in [0.15, 0.2) is 35.5 Å². The number of aliphatic hydroxyl groups is 3. The number of allylic oxidation sites excluding steroid dienone is 3. The monoisotopic (exact) mass is 322 g/mol. The van der Waals surface area contributed by atoms with E-state index in [0.29, 0.717) is 12.8 Å². The van der Waals surface area contributed by atoms with Gasteiger partial charge < -0.3 is 15.3 Å². The van der Waals surface area contributed by atoms with Crippen LogP contribution in [0.2, 0.25) is 0 Å². The molecule has 0 aromatic rings. The summed E-state index contributed by atoms with van der Waals surface area (Å²) in [6.07, 6.45) is 10.4. The summed E-state index contributed by atoms with van der Waals surface area (Å²) in [6, 6.07) is 0. The Balaban J connectivity index is 3.13. The molecule has 3 unspecified atom stereocenters. The minimum Gasteiger partial charge on any atom is -0.389 e. The van der Waals surface area contributed by atoms with Gasteiger partial charge in [0.05, 0.1) is 11.7 Å². The quantitative estimate of drug-likeness (QED) is 0.642. The molecule has 0 aliphatic heterocycles. The molecule has 0 radical (unpaired) electrons. The van der Waals surface area contributed by atoms with Gasteiger partial charge in [-0.05, 0) is 58.8 Å². The normalized spacial score (nSPS) is 34.7. The predicted octanol–water partition coefficient (Wildman–Crippen LogP) is 3.90. The third-order valence-corrected chi connectivity index (χ3v) is 4.86.